The lowest BCUT2D eigenvalue weighted by Gasteiger charge is -2.17. The zero-order chi connectivity index (χ0) is 25.7. The van der Waals surface area contributed by atoms with Gasteiger partial charge in [0.05, 0.1) is 5.92 Å². The average Bonchev–Trinajstić information content (AvgIpc) is 3.45. The van der Waals surface area contributed by atoms with Gasteiger partial charge in [-0.15, -0.1) is 10.2 Å². The molecule has 4 amide bonds. The zero-order valence-electron chi connectivity index (χ0n) is 19.3. The minimum Gasteiger partial charge on any atom is -0.352 e. The Bertz CT molecular complexity index is 1300. The summed E-state index contributed by atoms with van der Waals surface area (Å²) in [4.78, 5) is 50.2. The topological polar surface area (TPSA) is 133 Å². The SMILES string of the molecule is CC(=O)Nc1ccc(N2CC(C(=O)Nc3nnc(CCNC(=O)c4cccc(Br)c4)s3)CC2=O)cc1. The molecule has 0 bridgehead atoms. The summed E-state index contributed by atoms with van der Waals surface area (Å²) in [6, 6.07) is 14.0. The number of aromatic nitrogens is 2. The van der Waals surface area contributed by atoms with Crippen LogP contribution in [-0.4, -0.2) is 46.9 Å². The predicted molar refractivity (Wildman–Crippen MR) is 140 cm³/mol. The fraction of sp³-hybridized carbons (Fsp3) is 0.250. The van der Waals surface area contributed by atoms with E-state index in [2.05, 4.69) is 42.1 Å². The van der Waals surface area contributed by atoms with Gasteiger partial charge in [-0.25, -0.2) is 0 Å². The van der Waals surface area contributed by atoms with Gasteiger partial charge in [-0.2, -0.15) is 0 Å². The Hall–Kier alpha value is -3.64. The molecule has 1 atom stereocenters. The molecule has 0 aliphatic carbocycles. The second-order valence-electron chi connectivity index (χ2n) is 8.14. The number of hydrogen-bond donors (Lipinski definition) is 3. The van der Waals surface area contributed by atoms with Crippen LogP contribution < -0.4 is 20.9 Å². The maximum atomic E-state index is 12.8. The quantitative estimate of drug-likeness (QED) is 0.380. The van der Waals surface area contributed by atoms with Crippen molar-refractivity contribution in [1.29, 1.82) is 0 Å². The molecule has 0 radical (unpaired) electrons. The van der Waals surface area contributed by atoms with Gasteiger partial charge in [-0.3, -0.25) is 19.2 Å². The van der Waals surface area contributed by atoms with E-state index in [1.54, 1.807) is 47.4 Å². The number of benzene rings is 2. The van der Waals surface area contributed by atoms with Gasteiger partial charge in [0.2, 0.25) is 22.9 Å². The summed E-state index contributed by atoms with van der Waals surface area (Å²) in [7, 11) is 0. The summed E-state index contributed by atoms with van der Waals surface area (Å²) in [6.45, 7) is 2.04. The van der Waals surface area contributed by atoms with E-state index in [1.165, 1.54) is 18.3 Å². The van der Waals surface area contributed by atoms with Crippen LogP contribution in [0.5, 0.6) is 0 Å². The van der Waals surface area contributed by atoms with Crippen LogP contribution in [0.1, 0.15) is 28.7 Å². The van der Waals surface area contributed by atoms with Crippen LogP contribution in [0.25, 0.3) is 0 Å². The van der Waals surface area contributed by atoms with Crippen molar-refractivity contribution in [3.63, 3.8) is 0 Å². The molecule has 1 aliphatic heterocycles. The van der Waals surface area contributed by atoms with E-state index in [0.717, 1.165) is 4.47 Å². The summed E-state index contributed by atoms with van der Waals surface area (Å²) in [6.07, 6.45) is 0.560. The third-order valence-electron chi connectivity index (χ3n) is 5.40. The first-order valence-corrected chi connectivity index (χ1v) is 12.7. The van der Waals surface area contributed by atoms with Crippen LogP contribution in [0.15, 0.2) is 53.0 Å². The van der Waals surface area contributed by atoms with Crippen molar-refractivity contribution >= 4 is 67.4 Å². The molecule has 186 valence electrons. The third kappa shape index (κ3) is 6.52. The molecule has 1 unspecified atom stereocenters. The fourth-order valence-corrected chi connectivity index (χ4v) is 4.83. The standard InChI is InChI=1S/C24H23BrN6O4S/c1-14(32)27-18-5-7-19(8-6-18)31-13-16(12-21(31)33)23(35)28-24-30-29-20(36-24)9-10-26-22(34)15-3-2-4-17(25)11-15/h2-8,11,16H,9-10,12-13H2,1H3,(H,26,34)(H,27,32)(H,28,30,35). The van der Waals surface area contributed by atoms with Crippen LogP contribution in [0.2, 0.25) is 0 Å². The van der Waals surface area contributed by atoms with Crippen molar-refractivity contribution in [3.05, 3.63) is 63.6 Å². The van der Waals surface area contributed by atoms with Gasteiger partial charge < -0.3 is 20.9 Å². The molecule has 12 heteroatoms. The zero-order valence-corrected chi connectivity index (χ0v) is 21.7. The van der Waals surface area contributed by atoms with Crippen LogP contribution in [0.3, 0.4) is 0 Å². The van der Waals surface area contributed by atoms with Crippen LogP contribution in [0.4, 0.5) is 16.5 Å². The van der Waals surface area contributed by atoms with E-state index in [0.29, 0.717) is 40.0 Å². The second kappa shape index (κ2) is 11.4. The molecule has 2 aromatic carbocycles. The number of nitrogens with one attached hydrogen (secondary N) is 3. The monoisotopic (exact) mass is 570 g/mol. The molecular formula is C24H23BrN6O4S. The average molecular weight is 571 g/mol. The lowest BCUT2D eigenvalue weighted by molar-refractivity contribution is -0.122. The third-order valence-corrected chi connectivity index (χ3v) is 6.80. The van der Waals surface area contributed by atoms with Gasteiger partial charge in [-0.05, 0) is 42.5 Å². The van der Waals surface area contributed by atoms with Crippen LogP contribution in [-0.2, 0) is 20.8 Å². The maximum absolute atomic E-state index is 12.8. The molecule has 0 saturated carbocycles. The summed E-state index contributed by atoms with van der Waals surface area (Å²) >= 11 is 4.57. The number of amides is 4. The Kier molecular flexibility index (Phi) is 8.06. The molecule has 3 N–H and O–H groups in total. The Morgan fingerprint density at radius 3 is 2.61 bits per heavy atom. The first-order valence-electron chi connectivity index (χ1n) is 11.1. The highest BCUT2D eigenvalue weighted by molar-refractivity contribution is 9.10. The number of anilines is 3. The van der Waals surface area contributed by atoms with Crippen molar-refractivity contribution in [1.82, 2.24) is 15.5 Å². The van der Waals surface area contributed by atoms with Crippen LogP contribution >= 0.6 is 27.3 Å². The molecule has 1 aromatic heterocycles. The molecule has 2 heterocycles. The van der Waals surface area contributed by atoms with Gasteiger partial charge in [0.15, 0.2) is 0 Å². The van der Waals surface area contributed by atoms with Gasteiger partial charge >= 0.3 is 0 Å². The molecule has 36 heavy (non-hydrogen) atoms. The second-order valence-corrected chi connectivity index (χ2v) is 10.1. The maximum Gasteiger partial charge on any atom is 0.251 e. The molecule has 1 saturated heterocycles. The van der Waals surface area contributed by atoms with Gasteiger partial charge in [0.25, 0.3) is 5.91 Å². The molecule has 3 aromatic rings. The molecular weight excluding hydrogens is 548 g/mol. The Morgan fingerprint density at radius 1 is 1.11 bits per heavy atom. The highest BCUT2D eigenvalue weighted by atomic mass is 79.9. The van der Waals surface area contributed by atoms with Crippen LogP contribution in [0, 0.1) is 5.92 Å². The van der Waals surface area contributed by atoms with Crippen molar-refractivity contribution < 1.29 is 19.2 Å². The summed E-state index contributed by atoms with van der Waals surface area (Å²) < 4.78 is 0.826. The van der Waals surface area contributed by atoms with Crippen molar-refractivity contribution in [3.8, 4) is 0 Å². The van der Waals surface area contributed by atoms with Gasteiger partial charge in [-0.1, -0.05) is 33.3 Å². The van der Waals surface area contributed by atoms with E-state index in [9.17, 15) is 19.2 Å². The lowest BCUT2D eigenvalue weighted by Crippen LogP contribution is -2.28. The fourth-order valence-electron chi connectivity index (χ4n) is 3.69. The number of carbonyl (C=O) groups is 4. The minimum absolute atomic E-state index is 0.0899. The number of rotatable bonds is 8. The summed E-state index contributed by atoms with van der Waals surface area (Å²) in [5, 5.41) is 17.4. The number of halogens is 1. The summed E-state index contributed by atoms with van der Waals surface area (Å²) in [5.74, 6) is -1.34. The normalized spacial score (nSPS) is 15.0. The predicted octanol–water partition coefficient (Wildman–Crippen LogP) is 3.22. The number of hydrogen-bond acceptors (Lipinski definition) is 7. The number of nitrogens with zero attached hydrogens (tertiary/aromatic N) is 3. The molecule has 1 fully saturated rings. The number of carbonyl (C=O) groups excluding carboxylic acids is 4. The highest BCUT2D eigenvalue weighted by Crippen LogP contribution is 2.27. The van der Waals surface area contributed by atoms with Gasteiger partial charge in [0.1, 0.15) is 5.01 Å². The molecule has 4 rings (SSSR count). The Morgan fingerprint density at radius 2 is 1.89 bits per heavy atom. The first kappa shape index (κ1) is 25.5. The van der Waals surface area contributed by atoms with E-state index >= 15 is 0 Å². The van der Waals surface area contributed by atoms with E-state index in [-0.39, 0.29) is 36.6 Å². The Balaban J connectivity index is 1.26. The molecule has 10 nitrogen and oxygen atoms in total. The largest absolute Gasteiger partial charge is 0.352 e. The van der Waals surface area contributed by atoms with E-state index < -0.39 is 5.92 Å². The van der Waals surface area contributed by atoms with E-state index in [4.69, 9.17) is 0 Å². The molecule has 1 aliphatic rings. The Labute approximate surface area is 219 Å². The van der Waals surface area contributed by atoms with Crippen molar-refractivity contribution in [2.75, 3.05) is 28.6 Å². The van der Waals surface area contributed by atoms with Crippen molar-refractivity contribution in [2.45, 2.75) is 19.8 Å². The lowest BCUT2D eigenvalue weighted by atomic mass is 10.1. The van der Waals surface area contributed by atoms with Crippen molar-refractivity contribution in [2.24, 2.45) is 5.92 Å². The molecule has 0 spiro atoms. The van der Waals surface area contributed by atoms with E-state index in [1.807, 2.05) is 6.07 Å². The summed E-state index contributed by atoms with van der Waals surface area (Å²) in [5.41, 5.74) is 1.85. The highest BCUT2D eigenvalue weighted by Gasteiger charge is 2.35. The smallest absolute Gasteiger partial charge is 0.251 e. The first-order chi connectivity index (χ1) is 17.3. The van der Waals surface area contributed by atoms with Gasteiger partial charge in [0, 0.05) is 54.3 Å². The minimum atomic E-state index is -0.524.